The number of halogens is 1. The van der Waals surface area contributed by atoms with Gasteiger partial charge in [-0.1, -0.05) is 22.8 Å². The van der Waals surface area contributed by atoms with Gasteiger partial charge in [0.15, 0.2) is 5.69 Å². The number of hydrogen-bond acceptors (Lipinski definition) is 5. The number of carbonyl (C=O) groups is 1. The van der Waals surface area contributed by atoms with Crippen LogP contribution in [0.4, 0.5) is 4.79 Å². The van der Waals surface area contributed by atoms with E-state index < -0.39 is 25.7 Å². The predicted octanol–water partition coefficient (Wildman–Crippen LogP) is 6.17. The van der Waals surface area contributed by atoms with Gasteiger partial charge in [-0.3, -0.25) is 0 Å². The highest BCUT2D eigenvalue weighted by Gasteiger charge is 2.52. The first-order chi connectivity index (χ1) is 12.9. The summed E-state index contributed by atoms with van der Waals surface area (Å²) < 4.78 is 32.2. The van der Waals surface area contributed by atoms with Crippen molar-refractivity contribution in [2.45, 2.75) is 71.8 Å². The highest BCUT2D eigenvalue weighted by molar-refractivity contribution is 9.10. The smallest absolute Gasteiger partial charge is 0.419 e. The van der Waals surface area contributed by atoms with Gasteiger partial charge in [0.25, 0.3) is 0 Å². The summed E-state index contributed by atoms with van der Waals surface area (Å²) in [7, 11) is -1.01. The number of rotatable bonds is 6. The van der Waals surface area contributed by atoms with E-state index in [0.717, 1.165) is 5.39 Å². The van der Waals surface area contributed by atoms with Crippen LogP contribution in [0.3, 0.4) is 0 Å². The molecule has 1 aromatic heterocycles. The number of carbonyl (C=O) groups excluding carboxylic acids is 1. The van der Waals surface area contributed by atoms with Crippen molar-refractivity contribution in [3.05, 3.63) is 34.4 Å². The van der Waals surface area contributed by atoms with Gasteiger partial charge < -0.3 is 14.2 Å². The minimum Gasteiger partial charge on any atom is -0.443 e. The fourth-order valence-corrected chi connectivity index (χ4v) is 4.75. The molecule has 6 nitrogen and oxygen atoms in total. The number of hydrogen-bond donors (Lipinski definition) is 0. The topological polar surface area (TPSA) is 66.8 Å². The Hall–Kier alpha value is -1.27. The lowest BCUT2D eigenvalue weighted by molar-refractivity contribution is -0.221. The van der Waals surface area contributed by atoms with Crippen molar-refractivity contribution in [3.8, 4) is 0 Å². The van der Waals surface area contributed by atoms with Crippen molar-refractivity contribution in [2.75, 3.05) is 0 Å². The molecule has 0 fully saturated rings. The molecule has 0 spiro atoms. The standard InChI is InChI=1S/C20H27BrNO5P/c1-12(2)25-20(28-24,26-13(3)4)17-16(21)14-10-8-9-11-15(14)22(17)18(23)27-19(5,6)7/h8-13H,1-7H3/p+1. The van der Waals surface area contributed by atoms with E-state index in [1.807, 2.05) is 45.9 Å². The van der Waals surface area contributed by atoms with E-state index in [1.54, 1.807) is 26.8 Å². The summed E-state index contributed by atoms with van der Waals surface area (Å²) in [5.74, 6) is 0. The van der Waals surface area contributed by atoms with E-state index in [1.165, 1.54) is 4.57 Å². The molecule has 1 atom stereocenters. The van der Waals surface area contributed by atoms with E-state index in [0.29, 0.717) is 15.7 Å². The summed E-state index contributed by atoms with van der Waals surface area (Å²) in [5, 5.41) is 0.769. The Labute approximate surface area is 175 Å². The predicted molar refractivity (Wildman–Crippen MR) is 114 cm³/mol. The zero-order valence-corrected chi connectivity index (χ0v) is 19.9. The van der Waals surface area contributed by atoms with Crippen LogP contribution in [0.1, 0.15) is 54.2 Å². The molecule has 0 aliphatic carbocycles. The lowest BCUT2D eigenvalue weighted by atomic mass is 10.2. The highest BCUT2D eigenvalue weighted by atomic mass is 79.9. The Morgan fingerprint density at radius 2 is 1.61 bits per heavy atom. The minimum atomic E-state index is -1.63. The molecule has 0 amide bonds. The molecular weight excluding hydrogens is 445 g/mol. The zero-order chi connectivity index (χ0) is 21.3. The number of benzene rings is 1. The second-order valence-corrected chi connectivity index (χ2v) is 9.70. The van der Waals surface area contributed by atoms with E-state index in [2.05, 4.69) is 15.9 Å². The van der Waals surface area contributed by atoms with Gasteiger partial charge in [0.05, 0.1) is 22.2 Å². The normalized spacial score (nSPS) is 13.1. The maximum atomic E-state index is 13.2. The molecular formula is C20H28BrNO5P+. The largest absolute Gasteiger partial charge is 0.443 e. The van der Waals surface area contributed by atoms with Gasteiger partial charge >= 0.3 is 20.1 Å². The summed E-state index contributed by atoms with van der Waals surface area (Å²) >= 11 is 3.58. The average Bonchev–Trinajstić information content (AvgIpc) is 2.85. The van der Waals surface area contributed by atoms with Crippen LogP contribution in [-0.2, 0) is 24.3 Å². The summed E-state index contributed by atoms with van der Waals surface area (Å²) in [4.78, 5) is 13.2. The molecule has 1 unspecified atom stereocenters. The molecule has 154 valence electrons. The van der Waals surface area contributed by atoms with Gasteiger partial charge in [-0.2, -0.15) is 0 Å². The molecule has 0 N–H and O–H groups in total. The van der Waals surface area contributed by atoms with E-state index in [-0.39, 0.29) is 12.2 Å². The Morgan fingerprint density at radius 1 is 1.07 bits per heavy atom. The number of nitrogens with zero attached hydrogens (tertiary/aromatic N) is 1. The third kappa shape index (κ3) is 4.82. The van der Waals surface area contributed by atoms with Gasteiger partial charge in [0.2, 0.25) is 0 Å². The van der Waals surface area contributed by atoms with Crippen LogP contribution in [0.25, 0.3) is 10.9 Å². The van der Waals surface area contributed by atoms with Crippen molar-refractivity contribution < 1.29 is 23.6 Å². The van der Waals surface area contributed by atoms with Crippen molar-refractivity contribution in [2.24, 2.45) is 0 Å². The van der Waals surface area contributed by atoms with Crippen LogP contribution in [0, 0.1) is 0 Å². The second-order valence-electron chi connectivity index (χ2n) is 8.05. The number of para-hydroxylation sites is 1. The lowest BCUT2D eigenvalue weighted by Gasteiger charge is -2.28. The van der Waals surface area contributed by atoms with Gasteiger partial charge in [0, 0.05) is 5.39 Å². The summed E-state index contributed by atoms with van der Waals surface area (Å²) in [5.41, 5.74) is -1.40. The Kier molecular flexibility index (Phi) is 7.08. The first-order valence-electron chi connectivity index (χ1n) is 9.19. The molecule has 0 radical (unpaired) electrons. The molecule has 8 heteroatoms. The lowest BCUT2D eigenvalue weighted by Crippen LogP contribution is -2.37. The molecule has 2 rings (SSSR count). The number of ether oxygens (including phenoxy) is 3. The Balaban J connectivity index is 2.86. The first kappa shape index (κ1) is 23.0. The molecule has 0 saturated heterocycles. The Morgan fingerprint density at radius 3 is 2.07 bits per heavy atom. The molecule has 1 aromatic carbocycles. The highest BCUT2D eigenvalue weighted by Crippen LogP contribution is 2.47. The minimum absolute atomic E-state index is 0.294. The van der Waals surface area contributed by atoms with Crippen LogP contribution >= 0.6 is 24.4 Å². The van der Waals surface area contributed by atoms with Crippen LogP contribution < -0.4 is 0 Å². The molecule has 0 saturated carbocycles. The summed E-state index contributed by atoms with van der Waals surface area (Å²) in [6, 6.07) is 7.36. The van der Waals surface area contributed by atoms with E-state index in [9.17, 15) is 9.36 Å². The molecule has 0 bridgehead atoms. The van der Waals surface area contributed by atoms with E-state index >= 15 is 0 Å². The second kappa shape index (κ2) is 8.62. The quantitative estimate of drug-likeness (QED) is 0.371. The Bertz CT molecular complexity index is 859. The van der Waals surface area contributed by atoms with Crippen molar-refractivity contribution in [1.82, 2.24) is 4.57 Å². The molecule has 0 aliphatic heterocycles. The zero-order valence-electron chi connectivity index (χ0n) is 17.3. The third-order valence-corrected chi connectivity index (χ3v) is 5.18. The monoisotopic (exact) mass is 472 g/mol. The van der Waals surface area contributed by atoms with Crippen LogP contribution in [0.2, 0.25) is 0 Å². The number of aromatic nitrogens is 1. The molecule has 0 aliphatic rings. The number of fused-ring (bicyclic) bond motifs is 1. The SMILES string of the molecule is CC(C)OC(OC(C)C)([PH+]=O)c1c(Br)c2ccccc2n1C(=O)OC(C)(C)C. The van der Waals surface area contributed by atoms with Crippen molar-refractivity contribution in [1.29, 1.82) is 0 Å². The van der Waals surface area contributed by atoms with E-state index in [4.69, 9.17) is 14.2 Å². The third-order valence-electron chi connectivity index (χ3n) is 3.64. The maximum absolute atomic E-state index is 13.2. The molecule has 1 heterocycles. The fraction of sp³-hybridized carbons (Fsp3) is 0.550. The first-order valence-corrected chi connectivity index (χ1v) is 10.9. The fourth-order valence-electron chi connectivity index (χ4n) is 2.89. The van der Waals surface area contributed by atoms with Crippen molar-refractivity contribution >= 4 is 41.4 Å². The van der Waals surface area contributed by atoms with Gasteiger partial charge in [0.1, 0.15) is 5.60 Å². The maximum Gasteiger partial charge on any atom is 0.419 e. The van der Waals surface area contributed by atoms with Crippen LogP contribution in [-0.4, -0.2) is 28.5 Å². The van der Waals surface area contributed by atoms with Gasteiger partial charge in [-0.25, -0.2) is 9.36 Å². The average molecular weight is 473 g/mol. The van der Waals surface area contributed by atoms with Gasteiger partial charge in [-0.15, -0.1) is 0 Å². The van der Waals surface area contributed by atoms with Crippen molar-refractivity contribution in [3.63, 3.8) is 0 Å². The molecule has 2 aromatic rings. The van der Waals surface area contributed by atoms with Crippen LogP contribution in [0.15, 0.2) is 28.7 Å². The summed E-state index contributed by atoms with van der Waals surface area (Å²) in [6.07, 6.45) is -1.18. The van der Waals surface area contributed by atoms with Gasteiger partial charge in [-0.05, 0) is 70.5 Å². The summed E-state index contributed by atoms with van der Waals surface area (Å²) in [6.45, 7) is 12.7. The molecule has 28 heavy (non-hydrogen) atoms. The van der Waals surface area contributed by atoms with Crippen LogP contribution in [0.5, 0.6) is 0 Å².